The van der Waals surface area contributed by atoms with Gasteiger partial charge in [0.15, 0.2) is 21.3 Å². The maximum atomic E-state index is 13.7. The molecule has 1 N–H and O–H groups in total. The highest BCUT2D eigenvalue weighted by atomic mass is 32.2. The largest absolute Gasteiger partial charge is 0.493 e. The standard InChI is InChI=1S/C24H29N3O6S/c1-26-18-13-17(25-23(28)15-10-11-20(32-3)21(12-15)33-4)22(14-19(18)27(2)24(26)29)34(30,31)16-8-6-5-7-9-16/h10-14,16H,5-9H2,1-4H3,(H,25,28). The van der Waals surface area contributed by atoms with Gasteiger partial charge in [-0.25, -0.2) is 13.2 Å². The van der Waals surface area contributed by atoms with E-state index in [1.54, 1.807) is 32.3 Å². The number of imidazole rings is 1. The third-order valence-corrected chi connectivity index (χ3v) is 8.86. The van der Waals surface area contributed by atoms with Crippen LogP contribution in [0.15, 0.2) is 40.0 Å². The van der Waals surface area contributed by atoms with E-state index in [0.29, 0.717) is 35.4 Å². The Bertz CT molecular complexity index is 1410. The quantitative estimate of drug-likeness (QED) is 0.572. The molecule has 2 aromatic carbocycles. The number of fused-ring (bicyclic) bond motifs is 1. The van der Waals surface area contributed by atoms with Gasteiger partial charge in [-0.2, -0.15) is 0 Å². The zero-order valence-electron chi connectivity index (χ0n) is 19.8. The zero-order chi connectivity index (χ0) is 24.6. The van der Waals surface area contributed by atoms with Gasteiger partial charge in [0.1, 0.15) is 0 Å². The summed E-state index contributed by atoms with van der Waals surface area (Å²) < 4.78 is 40.7. The number of benzene rings is 2. The van der Waals surface area contributed by atoms with Crippen LogP contribution in [0.2, 0.25) is 0 Å². The highest BCUT2D eigenvalue weighted by Gasteiger charge is 2.32. The third-order valence-electron chi connectivity index (χ3n) is 6.56. The van der Waals surface area contributed by atoms with Crippen molar-refractivity contribution in [3.8, 4) is 11.5 Å². The molecule has 0 radical (unpaired) electrons. The van der Waals surface area contributed by atoms with Crippen molar-refractivity contribution in [2.24, 2.45) is 14.1 Å². The first-order chi connectivity index (χ1) is 16.2. The molecule has 0 unspecified atom stereocenters. The number of anilines is 1. The van der Waals surface area contributed by atoms with E-state index in [9.17, 15) is 18.0 Å². The molecular formula is C24H29N3O6S. The molecule has 0 atom stereocenters. The van der Waals surface area contributed by atoms with Gasteiger partial charge >= 0.3 is 5.69 Å². The van der Waals surface area contributed by atoms with Gasteiger partial charge in [0.05, 0.1) is 41.1 Å². The van der Waals surface area contributed by atoms with Crippen molar-refractivity contribution >= 4 is 32.5 Å². The molecule has 1 saturated carbocycles. The van der Waals surface area contributed by atoms with Crippen LogP contribution in [0.4, 0.5) is 5.69 Å². The van der Waals surface area contributed by atoms with Gasteiger partial charge in [-0.1, -0.05) is 19.3 Å². The van der Waals surface area contributed by atoms with E-state index in [-0.39, 0.29) is 21.8 Å². The first-order valence-electron chi connectivity index (χ1n) is 11.2. The molecule has 9 nitrogen and oxygen atoms in total. The van der Waals surface area contributed by atoms with E-state index in [1.165, 1.54) is 35.5 Å². The first-order valence-corrected chi connectivity index (χ1v) is 12.7. The molecule has 4 rings (SSSR count). The number of amides is 1. The fourth-order valence-corrected chi connectivity index (χ4v) is 6.59. The number of sulfone groups is 1. The average Bonchev–Trinajstić information content (AvgIpc) is 3.06. The fourth-order valence-electron chi connectivity index (χ4n) is 4.59. The minimum absolute atomic E-state index is 0.0296. The predicted molar refractivity (Wildman–Crippen MR) is 130 cm³/mol. The smallest absolute Gasteiger partial charge is 0.328 e. The van der Waals surface area contributed by atoms with Crippen LogP contribution in [-0.4, -0.2) is 42.9 Å². The number of nitrogens with one attached hydrogen (secondary N) is 1. The Hall–Kier alpha value is -3.27. The van der Waals surface area contributed by atoms with E-state index in [2.05, 4.69) is 5.32 Å². The van der Waals surface area contributed by atoms with E-state index >= 15 is 0 Å². The minimum Gasteiger partial charge on any atom is -0.493 e. The summed E-state index contributed by atoms with van der Waals surface area (Å²) in [7, 11) is 2.44. The minimum atomic E-state index is -3.74. The lowest BCUT2D eigenvalue weighted by Gasteiger charge is -2.23. The molecule has 0 spiro atoms. The SMILES string of the molecule is COc1ccc(C(=O)Nc2cc3c(cc2S(=O)(=O)C2CCCCC2)n(C)c(=O)n3C)cc1OC. The Morgan fingerprint density at radius 3 is 2.18 bits per heavy atom. The van der Waals surface area contributed by atoms with Crippen molar-refractivity contribution in [1.29, 1.82) is 0 Å². The fraction of sp³-hybridized carbons (Fsp3) is 0.417. The summed E-state index contributed by atoms with van der Waals surface area (Å²) in [6, 6.07) is 7.77. The highest BCUT2D eigenvalue weighted by Crippen LogP contribution is 2.35. The molecule has 0 aliphatic heterocycles. The number of rotatable bonds is 6. The Balaban J connectivity index is 1.83. The molecule has 1 heterocycles. The second-order valence-electron chi connectivity index (χ2n) is 8.57. The molecular weight excluding hydrogens is 458 g/mol. The van der Waals surface area contributed by atoms with Crippen LogP contribution in [0.25, 0.3) is 11.0 Å². The Morgan fingerprint density at radius 2 is 1.56 bits per heavy atom. The van der Waals surface area contributed by atoms with Gasteiger partial charge < -0.3 is 14.8 Å². The van der Waals surface area contributed by atoms with Gasteiger partial charge in [-0.3, -0.25) is 13.9 Å². The summed E-state index contributed by atoms with van der Waals surface area (Å²) in [5.41, 5.74) is 1.17. The maximum absolute atomic E-state index is 13.7. The van der Waals surface area contributed by atoms with Gasteiger partial charge in [-0.15, -0.1) is 0 Å². The predicted octanol–water partition coefficient (Wildman–Crippen LogP) is 3.25. The third kappa shape index (κ3) is 4.06. The van der Waals surface area contributed by atoms with Crippen LogP contribution < -0.4 is 20.5 Å². The number of hydrogen-bond acceptors (Lipinski definition) is 6. The molecule has 1 aromatic heterocycles. The van der Waals surface area contributed by atoms with E-state index in [0.717, 1.165) is 19.3 Å². The summed E-state index contributed by atoms with van der Waals surface area (Å²) >= 11 is 0. The lowest BCUT2D eigenvalue weighted by atomic mass is 10.0. The van der Waals surface area contributed by atoms with Crippen molar-refractivity contribution in [1.82, 2.24) is 9.13 Å². The summed E-state index contributed by atoms with van der Waals surface area (Å²) in [4.78, 5) is 25.7. The Labute approximate surface area is 198 Å². The van der Waals surface area contributed by atoms with Crippen LogP contribution in [0, 0.1) is 0 Å². The van der Waals surface area contributed by atoms with Gasteiger partial charge in [-0.05, 0) is 43.2 Å². The van der Waals surface area contributed by atoms with Crippen molar-refractivity contribution in [3.63, 3.8) is 0 Å². The molecule has 0 saturated heterocycles. The molecule has 34 heavy (non-hydrogen) atoms. The number of aromatic nitrogens is 2. The number of methoxy groups -OCH3 is 2. The van der Waals surface area contributed by atoms with Crippen molar-refractivity contribution in [3.05, 3.63) is 46.4 Å². The second kappa shape index (κ2) is 9.17. The maximum Gasteiger partial charge on any atom is 0.328 e. The van der Waals surface area contributed by atoms with Crippen LogP contribution in [0.3, 0.4) is 0 Å². The molecule has 1 aliphatic rings. The summed E-state index contributed by atoms with van der Waals surface area (Å²) in [6.07, 6.45) is 3.88. The van der Waals surface area contributed by atoms with Crippen molar-refractivity contribution < 1.29 is 22.7 Å². The second-order valence-corrected chi connectivity index (χ2v) is 10.8. The lowest BCUT2D eigenvalue weighted by Crippen LogP contribution is -2.25. The number of hydrogen-bond donors (Lipinski definition) is 1. The molecule has 10 heteroatoms. The number of aryl methyl sites for hydroxylation is 2. The Morgan fingerprint density at radius 1 is 0.941 bits per heavy atom. The van der Waals surface area contributed by atoms with Gasteiger partial charge in [0.2, 0.25) is 0 Å². The number of ether oxygens (including phenoxy) is 2. The van der Waals surface area contributed by atoms with Crippen molar-refractivity contribution in [2.45, 2.75) is 42.2 Å². The van der Waals surface area contributed by atoms with Gasteiger partial charge in [0, 0.05) is 19.7 Å². The van der Waals surface area contributed by atoms with Gasteiger partial charge in [0.25, 0.3) is 5.91 Å². The first kappa shape index (κ1) is 23.9. The molecule has 182 valence electrons. The molecule has 1 amide bonds. The van der Waals surface area contributed by atoms with Crippen LogP contribution in [-0.2, 0) is 23.9 Å². The number of nitrogens with zero attached hydrogens (tertiary/aromatic N) is 2. The number of carbonyl (C=O) groups is 1. The van der Waals surface area contributed by atoms with Crippen LogP contribution in [0.1, 0.15) is 42.5 Å². The molecule has 0 bridgehead atoms. The molecule has 1 fully saturated rings. The summed E-state index contributed by atoms with van der Waals surface area (Å²) in [6.45, 7) is 0. The zero-order valence-corrected chi connectivity index (χ0v) is 20.6. The normalized spacial score (nSPS) is 14.8. The van der Waals surface area contributed by atoms with Crippen LogP contribution in [0.5, 0.6) is 11.5 Å². The average molecular weight is 488 g/mol. The van der Waals surface area contributed by atoms with E-state index < -0.39 is 21.0 Å². The Kier molecular flexibility index (Phi) is 6.44. The summed E-state index contributed by atoms with van der Waals surface area (Å²) in [5, 5.41) is 2.25. The van der Waals surface area contributed by atoms with E-state index in [1.807, 2.05) is 0 Å². The topological polar surface area (TPSA) is 109 Å². The highest BCUT2D eigenvalue weighted by molar-refractivity contribution is 7.92. The summed E-state index contributed by atoms with van der Waals surface area (Å²) in [5.74, 6) is 0.354. The lowest BCUT2D eigenvalue weighted by molar-refractivity contribution is 0.102. The molecule has 3 aromatic rings. The molecule has 1 aliphatic carbocycles. The van der Waals surface area contributed by atoms with Crippen molar-refractivity contribution in [2.75, 3.05) is 19.5 Å². The van der Waals surface area contributed by atoms with E-state index in [4.69, 9.17) is 9.47 Å². The monoisotopic (exact) mass is 487 g/mol. The number of carbonyl (C=O) groups excluding carboxylic acids is 1. The van der Waals surface area contributed by atoms with Crippen LogP contribution >= 0.6 is 0 Å².